The summed E-state index contributed by atoms with van der Waals surface area (Å²) in [6.07, 6.45) is 0.917. The normalized spacial score (nSPS) is 14.1. The fourth-order valence-corrected chi connectivity index (χ4v) is 2.85. The molecule has 1 aromatic carbocycles. The van der Waals surface area contributed by atoms with Crippen molar-refractivity contribution in [3.05, 3.63) is 46.2 Å². The van der Waals surface area contributed by atoms with Crippen molar-refractivity contribution in [2.24, 2.45) is 4.99 Å². The van der Waals surface area contributed by atoms with Crippen LogP contribution in [0, 0.1) is 0 Å². The molecule has 2 aromatic rings. The number of aldehydes is 1. The summed E-state index contributed by atoms with van der Waals surface area (Å²) in [7, 11) is 0. The number of thiophene rings is 1. The summed E-state index contributed by atoms with van der Waals surface area (Å²) in [5.74, 6) is 0.925. The van der Waals surface area contributed by atoms with Gasteiger partial charge >= 0.3 is 0 Å². The zero-order chi connectivity index (χ0) is 12.4. The van der Waals surface area contributed by atoms with E-state index in [0.29, 0.717) is 0 Å². The van der Waals surface area contributed by atoms with E-state index in [1.54, 1.807) is 0 Å². The van der Waals surface area contributed by atoms with E-state index in [1.165, 1.54) is 11.3 Å². The lowest BCUT2D eigenvalue weighted by Crippen LogP contribution is -2.20. The molecule has 0 saturated heterocycles. The Morgan fingerprint density at radius 3 is 2.72 bits per heavy atom. The molecule has 0 atom stereocenters. The van der Waals surface area contributed by atoms with Gasteiger partial charge in [-0.25, -0.2) is 0 Å². The molecule has 1 aliphatic heterocycles. The number of hydrogen-bond acceptors (Lipinski definition) is 4. The second-order valence-electron chi connectivity index (χ2n) is 4.02. The molecule has 0 amide bonds. The second-order valence-corrected chi connectivity index (χ2v) is 4.97. The van der Waals surface area contributed by atoms with Crippen molar-refractivity contribution in [1.82, 2.24) is 5.32 Å². The molecule has 0 saturated carbocycles. The highest BCUT2D eigenvalue weighted by Crippen LogP contribution is 2.30. The lowest BCUT2D eigenvalue weighted by Gasteiger charge is -2.09. The predicted octanol–water partition coefficient (Wildman–Crippen LogP) is 2.58. The highest BCUT2D eigenvalue weighted by atomic mass is 32.1. The van der Waals surface area contributed by atoms with E-state index in [2.05, 4.69) is 10.3 Å². The van der Waals surface area contributed by atoms with Crippen LogP contribution in [-0.4, -0.2) is 25.2 Å². The van der Waals surface area contributed by atoms with Crippen LogP contribution in [0.15, 0.2) is 40.7 Å². The number of amidine groups is 1. The molecule has 0 aliphatic carbocycles. The van der Waals surface area contributed by atoms with Gasteiger partial charge in [-0.05, 0) is 17.0 Å². The van der Waals surface area contributed by atoms with Crippen molar-refractivity contribution in [2.75, 3.05) is 13.1 Å². The maximum Gasteiger partial charge on any atom is 0.160 e. The average Bonchev–Trinajstić information content (AvgIpc) is 3.09. The van der Waals surface area contributed by atoms with Crippen LogP contribution in [0.2, 0.25) is 0 Å². The maximum absolute atomic E-state index is 11.1. The Kier molecular flexibility index (Phi) is 2.94. The van der Waals surface area contributed by atoms with Gasteiger partial charge < -0.3 is 5.32 Å². The van der Waals surface area contributed by atoms with E-state index in [1.807, 2.05) is 35.7 Å². The summed E-state index contributed by atoms with van der Waals surface area (Å²) in [5.41, 5.74) is 3.12. The van der Waals surface area contributed by atoms with E-state index in [9.17, 15) is 4.79 Å². The molecule has 1 N–H and O–H groups in total. The quantitative estimate of drug-likeness (QED) is 0.858. The van der Waals surface area contributed by atoms with E-state index >= 15 is 0 Å². The fourth-order valence-electron chi connectivity index (χ4n) is 2.14. The summed E-state index contributed by atoms with van der Waals surface area (Å²) in [5, 5.41) is 5.22. The number of nitrogens with one attached hydrogen (secondary N) is 1. The molecule has 0 radical (unpaired) electrons. The van der Waals surface area contributed by atoms with Crippen LogP contribution in [0.1, 0.15) is 15.2 Å². The number of hydrogen-bond donors (Lipinski definition) is 1. The Balaban J connectivity index is 2.15. The van der Waals surface area contributed by atoms with Gasteiger partial charge in [0.15, 0.2) is 6.29 Å². The van der Waals surface area contributed by atoms with Crippen LogP contribution >= 0.6 is 11.3 Å². The molecular formula is C14H12N2OS. The molecular weight excluding hydrogens is 244 g/mol. The van der Waals surface area contributed by atoms with Crippen molar-refractivity contribution in [1.29, 1.82) is 0 Å². The molecule has 18 heavy (non-hydrogen) atoms. The third-order valence-corrected chi connectivity index (χ3v) is 3.79. The standard InChI is InChI=1S/C14H12N2OS/c17-9-13-11(5-8-18-13)10-3-1-2-4-12(10)14-15-6-7-16-14/h1-5,8-9H,6-7H2,(H,15,16). The van der Waals surface area contributed by atoms with Gasteiger partial charge in [0.1, 0.15) is 5.84 Å². The predicted molar refractivity (Wildman–Crippen MR) is 74.5 cm³/mol. The number of aliphatic imine (C=N–C) groups is 1. The Labute approximate surface area is 109 Å². The molecule has 0 unspecified atom stereocenters. The van der Waals surface area contributed by atoms with Crippen molar-refractivity contribution in [3.8, 4) is 11.1 Å². The second kappa shape index (κ2) is 4.74. The molecule has 90 valence electrons. The molecule has 0 fully saturated rings. The first-order chi connectivity index (χ1) is 8.90. The lowest BCUT2D eigenvalue weighted by atomic mass is 10.00. The van der Waals surface area contributed by atoms with E-state index in [-0.39, 0.29) is 0 Å². The highest BCUT2D eigenvalue weighted by molar-refractivity contribution is 7.12. The number of carbonyl (C=O) groups excluding carboxylic acids is 1. The average molecular weight is 256 g/mol. The van der Waals surface area contributed by atoms with Gasteiger partial charge in [-0.1, -0.05) is 24.3 Å². The van der Waals surface area contributed by atoms with Gasteiger partial charge in [0.25, 0.3) is 0 Å². The van der Waals surface area contributed by atoms with Crippen molar-refractivity contribution in [2.45, 2.75) is 0 Å². The number of carbonyl (C=O) groups is 1. The smallest absolute Gasteiger partial charge is 0.160 e. The molecule has 0 spiro atoms. The van der Waals surface area contributed by atoms with Gasteiger partial charge in [0, 0.05) is 17.7 Å². The van der Waals surface area contributed by atoms with Crippen LogP contribution in [-0.2, 0) is 0 Å². The molecule has 3 rings (SSSR count). The molecule has 1 aliphatic rings. The lowest BCUT2D eigenvalue weighted by molar-refractivity contribution is 0.112. The van der Waals surface area contributed by atoms with Crippen LogP contribution in [0.5, 0.6) is 0 Å². The summed E-state index contributed by atoms with van der Waals surface area (Å²) in [6.45, 7) is 1.70. The first-order valence-corrected chi connectivity index (χ1v) is 6.69. The minimum Gasteiger partial charge on any atom is -0.368 e. The van der Waals surface area contributed by atoms with Crippen LogP contribution in [0.25, 0.3) is 11.1 Å². The Bertz CT molecular complexity index is 616. The van der Waals surface area contributed by atoms with Gasteiger partial charge in [-0.15, -0.1) is 11.3 Å². The topological polar surface area (TPSA) is 41.5 Å². The third kappa shape index (κ3) is 1.84. The number of benzene rings is 1. The largest absolute Gasteiger partial charge is 0.368 e. The van der Waals surface area contributed by atoms with Crippen molar-refractivity contribution in [3.63, 3.8) is 0 Å². The zero-order valence-corrected chi connectivity index (χ0v) is 10.5. The monoisotopic (exact) mass is 256 g/mol. The summed E-state index contributed by atoms with van der Waals surface area (Å²) < 4.78 is 0. The third-order valence-electron chi connectivity index (χ3n) is 2.95. The van der Waals surface area contributed by atoms with Crippen molar-refractivity contribution >= 4 is 23.5 Å². The summed E-state index contributed by atoms with van der Waals surface area (Å²) >= 11 is 1.47. The van der Waals surface area contributed by atoms with E-state index in [0.717, 1.165) is 46.8 Å². The minimum absolute atomic E-state index is 0.765. The number of nitrogens with zero attached hydrogens (tertiary/aromatic N) is 1. The summed E-state index contributed by atoms with van der Waals surface area (Å²) in [6, 6.07) is 10.0. The first kappa shape index (κ1) is 11.2. The Morgan fingerprint density at radius 1 is 1.17 bits per heavy atom. The SMILES string of the molecule is O=Cc1sccc1-c1ccccc1C1=NCCN1. The van der Waals surface area contributed by atoms with Gasteiger partial charge in [0.05, 0.1) is 11.4 Å². The van der Waals surface area contributed by atoms with Gasteiger partial charge in [-0.3, -0.25) is 9.79 Å². The molecule has 2 heterocycles. The Morgan fingerprint density at radius 2 is 2.00 bits per heavy atom. The molecule has 1 aromatic heterocycles. The zero-order valence-electron chi connectivity index (χ0n) is 9.72. The van der Waals surface area contributed by atoms with Crippen LogP contribution in [0.3, 0.4) is 0 Å². The first-order valence-electron chi connectivity index (χ1n) is 5.81. The number of rotatable bonds is 3. The van der Waals surface area contributed by atoms with Crippen LogP contribution < -0.4 is 5.32 Å². The summed E-state index contributed by atoms with van der Waals surface area (Å²) in [4.78, 5) is 16.3. The molecule has 0 bridgehead atoms. The van der Waals surface area contributed by atoms with Crippen molar-refractivity contribution < 1.29 is 4.79 Å². The van der Waals surface area contributed by atoms with E-state index in [4.69, 9.17) is 0 Å². The molecule has 4 heteroatoms. The van der Waals surface area contributed by atoms with E-state index < -0.39 is 0 Å². The molecule has 3 nitrogen and oxygen atoms in total. The van der Waals surface area contributed by atoms with Crippen LogP contribution in [0.4, 0.5) is 0 Å². The van der Waals surface area contributed by atoms with Gasteiger partial charge in [0.2, 0.25) is 0 Å². The minimum atomic E-state index is 0.765. The van der Waals surface area contributed by atoms with Gasteiger partial charge in [-0.2, -0.15) is 0 Å². The maximum atomic E-state index is 11.1. The Hall–Kier alpha value is -1.94. The highest BCUT2D eigenvalue weighted by Gasteiger charge is 2.15. The fraction of sp³-hybridized carbons (Fsp3) is 0.143.